The summed E-state index contributed by atoms with van der Waals surface area (Å²) in [5.41, 5.74) is 4.31. The molecule has 1 amide bonds. The molecule has 0 unspecified atom stereocenters. The van der Waals surface area contributed by atoms with Crippen LogP contribution in [0.4, 0.5) is 0 Å². The van der Waals surface area contributed by atoms with E-state index in [1.807, 2.05) is 49.4 Å². The van der Waals surface area contributed by atoms with Crippen LogP contribution in [0.25, 0.3) is 11.3 Å². The van der Waals surface area contributed by atoms with Gasteiger partial charge in [-0.2, -0.15) is 0 Å². The van der Waals surface area contributed by atoms with E-state index in [0.717, 1.165) is 35.4 Å². The van der Waals surface area contributed by atoms with Gasteiger partial charge in [0.1, 0.15) is 0 Å². The van der Waals surface area contributed by atoms with Gasteiger partial charge in [-0.25, -0.2) is 0 Å². The van der Waals surface area contributed by atoms with Crippen molar-refractivity contribution in [3.63, 3.8) is 0 Å². The molecule has 3 aromatic rings. The topological polar surface area (TPSA) is 77.0 Å². The first kappa shape index (κ1) is 18.1. The van der Waals surface area contributed by atoms with E-state index in [1.54, 1.807) is 19.4 Å². The number of aromatic nitrogens is 3. The number of amides is 1. The summed E-state index contributed by atoms with van der Waals surface area (Å²) in [4.78, 5) is 17.3. The van der Waals surface area contributed by atoms with Crippen molar-refractivity contribution in [1.82, 2.24) is 20.5 Å². The Bertz CT molecular complexity index is 967. The number of methoxy groups -OCH3 is 1. The zero-order valence-electron chi connectivity index (χ0n) is 15.9. The molecule has 142 valence electrons. The molecule has 1 aliphatic carbocycles. The maximum atomic E-state index is 12.8. The third-order valence-electron chi connectivity index (χ3n) is 5.02. The molecule has 0 bridgehead atoms. The van der Waals surface area contributed by atoms with Gasteiger partial charge in [-0.3, -0.25) is 9.78 Å². The Morgan fingerprint density at radius 1 is 1.11 bits per heavy atom. The number of aryl methyl sites for hydroxylation is 1. The van der Waals surface area contributed by atoms with Gasteiger partial charge in [0.2, 0.25) is 5.88 Å². The molecule has 1 saturated carbocycles. The lowest BCUT2D eigenvalue weighted by Gasteiger charge is -2.19. The highest BCUT2D eigenvalue weighted by atomic mass is 16.5. The van der Waals surface area contributed by atoms with E-state index in [4.69, 9.17) is 4.74 Å². The fraction of sp³-hybridized carbons (Fsp3) is 0.273. The number of ether oxygens (including phenoxy) is 1. The van der Waals surface area contributed by atoms with Crippen LogP contribution < -0.4 is 10.1 Å². The highest BCUT2D eigenvalue weighted by Gasteiger charge is 2.35. The molecule has 1 aromatic carbocycles. The number of carbonyl (C=O) groups excluding carboxylic acids is 1. The standard InChI is InChI=1S/C22H22N4O2/c1-14-4-3-13-23-20(14)21(16-7-8-16)24-22(27)17-9-5-15(6-10-17)18-11-12-19(28-2)26-25-18/h3-6,9-13,16,21H,7-8H2,1-2H3,(H,24,27)/t21-/m1/s1. The third-order valence-corrected chi connectivity index (χ3v) is 5.02. The summed E-state index contributed by atoms with van der Waals surface area (Å²) in [6.07, 6.45) is 4.03. The largest absolute Gasteiger partial charge is 0.480 e. The lowest BCUT2D eigenvalue weighted by molar-refractivity contribution is 0.0930. The summed E-state index contributed by atoms with van der Waals surface area (Å²) in [6.45, 7) is 2.04. The molecule has 6 heteroatoms. The van der Waals surface area contributed by atoms with Gasteiger partial charge in [0.15, 0.2) is 0 Å². The van der Waals surface area contributed by atoms with Crippen molar-refractivity contribution in [3.05, 3.63) is 71.5 Å². The van der Waals surface area contributed by atoms with Crippen molar-refractivity contribution in [3.8, 4) is 17.1 Å². The van der Waals surface area contributed by atoms with E-state index in [9.17, 15) is 4.79 Å². The minimum atomic E-state index is -0.0886. The minimum absolute atomic E-state index is 0.0409. The lowest BCUT2D eigenvalue weighted by atomic mass is 10.0. The van der Waals surface area contributed by atoms with Gasteiger partial charge in [0, 0.05) is 23.4 Å². The molecule has 0 saturated heterocycles. The second-order valence-corrected chi connectivity index (χ2v) is 7.03. The van der Waals surface area contributed by atoms with E-state index in [1.165, 1.54) is 0 Å². The van der Waals surface area contributed by atoms with Crippen LogP contribution in [-0.4, -0.2) is 28.2 Å². The molecule has 1 atom stereocenters. The normalized spacial score (nSPS) is 14.4. The second kappa shape index (κ2) is 7.76. The number of nitrogens with zero attached hydrogens (tertiary/aromatic N) is 3. The van der Waals surface area contributed by atoms with Crippen LogP contribution in [0.3, 0.4) is 0 Å². The van der Waals surface area contributed by atoms with E-state index < -0.39 is 0 Å². The third kappa shape index (κ3) is 3.86. The Balaban J connectivity index is 1.50. The van der Waals surface area contributed by atoms with Crippen LogP contribution in [-0.2, 0) is 0 Å². The molecular weight excluding hydrogens is 352 g/mol. The highest BCUT2D eigenvalue weighted by molar-refractivity contribution is 5.95. The summed E-state index contributed by atoms with van der Waals surface area (Å²) in [7, 11) is 1.55. The van der Waals surface area contributed by atoms with Crippen LogP contribution in [0.15, 0.2) is 54.7 Å². The molecule has 0 aliphatic heterocycles. The van der Waals surface area contributed by atoms with E-state index in [-0.39, 0.29) is 11.9 Å². The maximum Gasteiger partial charge on any atom is 0.251 e. The molecule has 28 heavy (non-hydrogen) atoms. The number of nitrogens with one attached hydrogen (secondary N) is 1. The molecule has 0 radical (unpaired) electrons. The molecule has 2 heterocycles. The van der Waals surface area contributed by atoms with Gasteiger partial charge in [0.25, 0.3) is 5.91 Å². The smallest absolute Gasteiger partial charge is 0.251 e. The molecule has 2 aromatic heterocycles. The summed E-state index contributed by atoms with van der Waals surface area (Å²) in [5.74, 6) is 0.844. The Hall–Kier alpha value is -3.28. The number of pyridine rings is 1. The van der Waals surface area contributed by atoms with Crippen LogP contribution in [0.2, 0.25) is 0 Å². The molecule has 4 rings (SSSR count). The summed E-state index contributed by atoms with van der Waals surface area (Å²) in [5, 5.41) is 11.3. The monoisotopic (exact) mass is 374 g/mol. The number of hydrogen-bond donors (Lipinski definition) is 1. The molecule has 1 N–H and O–H groups in total. The summed E-state index contributed by atoms with van der Waals surface area (Å²) >= 11 is 0. The van der Waals surface area contributed by atoms with E-state index in [0.29, 0.717) is 17.4 Å². The average molecular weight is 374 g/mol. The zero-order valence-corrected chi connectivity index (χ0v) is 15.9. The predicted molar refractivity (Wildman–Crippen MR) is 106 cm³/mol. The van der Waals surface area contributed by atoms with Crippen LogP contribution in [0, 0.1) is 12.8 Å². The van der Waals surface area contributed by atoms with Crippen molar-refractivity contribution < 1.29 is 9.53 Å². The van der Waals surface area contributed by atoms with Gasteiger partial charge in [-0.15, -0.1) is 10.2 Å². The molecular formula is C22H22N4O2. The molecule has 0 spiro atoms. The number of rotatable bonds is 6. The first-order valence-corrected chi connectivity index (χ1v) is 9.36. The predicted octanol–water partition coefficient (Wildman–Crippen LogP) is 3.74. The first-order chi connectivity index (χ1) is 13.7. The van der Waals surface area contributed by atoms with Gasteiger partial charge >= 0.3 is 0 Å². The van der Waals surface area contributed by atoms with Gasteiger partial charge < -0.3 is 10.1 Å². The van der Waals surface area contributed by atoms with Gasteiger partial charge in [-0.1, -0.05) is 18.2 Å². The lowest BCUT2D eigenvalue weighted by Crippen LogP contribution is -2.31. The Kier molecular flexibility index (Phi) is 5.02. The van der Waals surface area contributed by atoms with Crippen LogP contribution >= 0.6 is 0 Å². The Labute approximate surface area is 164 Å². The first-order valence-electron chi connectivity index (χ1n) is 9.36. The van der Waals surface area contributed by atoms with Crippen LogP contribution in [0.1, 0.15) is 40.5 Å². The fourth-order valence-electron chi connectivity index (χ4n) is 3.26. The zero-order chi connectivity index (χ0) is 19.5. The quantitative estimate of drug-likeness (QED) is 0.711. The number of hydrogen-bond acceptors (Lipinski definition) is 5. The SMILES string of the molecule is COc1ccc(-c2ccc(C(=O)N[C@@H](c3ncccc3C)C3CC3)cc2)nn1. The van der Waals surface area contributed by atoms with E-state index in [2.05, 4.69) is 20.5 Å². The van der Waals surface area contributed by atoms with Crippen molar-refractivity contribution in [2.24, 2.45) is 5.92 Å². The van der Waals surface area contributed by atoms with Crippen LogP contribution in [0.5, 0.6) is 5.88 Å². The maximum absolute atomic E-state index is 12.8. The Morgan fingerprint density at radius 2 is 1.89 bits per heavy atom. The fourth-order valence-corrected chi connectivity index (χ4v) is 3.26. The van der Waals surface area contributed by atoms with Crippen molar-refractivity contribution in [1.29, 1.82) is 0 Å². The number of carbonyl (C=O) groups is 1. The summed E-state index contributed by atoms with van der Waals surface area (Å²) < 4.78 is 5.03. The van der Waals surface area contributed by atoms with Crippen molar-refractivity contribution >= 4 is 5.91 Å². The van der Waals surface area contributed by atoms with E-state index >= 15 is 0 Å². The van der Waals surface area contributed by atoms with Gasteiger partial charge in [0.05, 0.1) is 24.5 Å². The highest BCUT2D eigenvalue weighted by Crippen LogP contribution is 2.41. The minimum Gasteiger partial charge on any atom is -0.480 e. The number of benzene rings is 1. The molecule has 1 aliphatic rings. The Morgan fingerprint density at radius 3 is 2.50 bits per heavy atom. The average Bonchev–Trinajstić information content (AvgIpc) is 3.58. The van der Waals surface area contributed by atoms with Gasteiger partial charge in [-0.05, 0) is 55.5 Å². The second-order valence-electron chi connectivity index (χ2n) is 7.03. The van der Waals surface area contributed by atoms with Crippen molar-refractivity contribution in [2.75, 3.05) is 7.11 Å². The summed E-state index contributed by atoms with van der Waals surface area (Å²) in [6, 6.07) is 14.9. The van der Waals surface area contributed by atoms with Crippen molar-refractivity contribution in [2.45, 2.75) is 25.8 Å². The molecule has 6 nitrogen and oxygen atoms in total. The molecule has 1 fully saturated rings.